The van der Waals surface area contributed by atoms with Gasteiger partial charge < -0.3 is 14.4 Å². The number of phenolic OH excluding ortho intramolecular Hbond substituents is 1. The first-order valence-electron chi connectivity index (χ1n) is 6.19. The van der Waals surface area contributed by atoms with Crippen LogP contribution in [0.4, 0.5) is 17.6 Å². The summed E-state index contributed by atoms with van der Waals surface area (Å²) in [6, 6.07) is 1.16. The summed E-state index contributed by atoms with van der Waals surface area (Å²) in [5.74, 6) is -13.9. The van der Waals surface area contributed by atoms with Crippen LogP contribution >= 0.6 is 47.8 Å². The van der Waals surface area contributed by atoms with Gasteiger partial charge in [0, 0.05) is 4.47 Å². The van der Waals surface area contributed by atoms with E-state index in [-0.39, 0.29) is 13.4 Å². The number of hydrogen-bond acceptors (Lipinski definition) is 6. The van der Waals surface area contributed by atoms with Gasteiger partial charge in [-0.15, -0.1) is 0 Å². The SMILES string of the molecule is O=C(Oc1c(F)c(F)c(S(=O)(=O)[O-])c(F)c1F)c1c(Br)cc(Br)c(O)c1Br. The Morgan fingerprint density at radius 1 is 1.00 bits per heavy atom. The van der Waals surface area contributed by atoms with Crippen molar-refractivity contribution in [1.29, 1.82) is 0 Å². The molecule has 0 heterocycles. The summed E-state index contributed by atoms with van der Waals surface area (Å²) in [6.45, 7) is 0. The molecule has 0 spiro atoms. The molecule has 2 rings (SSSR count). The smallest absolute Gasteiger partial charge is 0.346 e. The molecule has 0 atom stereocenters. The number of aromatic hydroxyl groups is 1. The number of halogens is 7. The Bertz CT molecular complexity index is 1060. The Morgan fingerprint density at radius 3 is 1.93 bits per heavy atom. The molecule has 0 aliphatic rings. The van der Waals surface area contributed by atoms with Crippen molar-refractivity contribution in [3.05, 3.63) is 48.3 Å². The summed E-state index contributed by atoms with van der Waals surface area (Å²) in [7, 11) is -5.90. The molecule has 0 saturated heterocycles. The number of benzene rings is 2. The van der Waals surface area contributed by atoms with E-state index in [9.17, 15) is 40.4 Å². The highest BCUT2D eigenvalue weighted by atomic mass is 79.9. The minimum atomic E-state index is -5.90. The minimum absolute atomic E-state index is 0.0513. The van der Waals surface area contributed by atoms with Gasteiger partial charge in [0.15, 0.2) is 11.6 Å². The van der Waals surface area contributed by atoms with Gasteiger partial charge in [-0.1, -0.05) is 0 Å². The fourth-order valence-corrected chi connectivity index (χ4v) is 4.87. The molecule has 0 unspecified atom stereocenters. The average Bonchev–Trinajstić information content (AvgIpc) is 2.53. The van der Waals surface area contributed by atoms with Crippen LogP contribution in [0.15, 0.2) is 24.4 Å². The molecule has 1 N–H and O–H groups in total. The van der Waals surface area contributed by atoms with E-state index < -0.39 is 61.3 Å². The molecule has 27 heavy (non-hydrogen) atoms. The van der Waals surface area contributed by atoms with E-state index in [0.717, 1.165) is 6.07 Å². The Kier molecular flexibility index (Phi) is 6.26. The summed E-state index contributed by atoms with van der Waals surface area (Å²) in [4.78, 5) is 9.77. The van der Waals surface area contributed by atoms with Crippen molar-refractivity contribution < 1.29 is 45.2 Å². The monoisotopic (exact) mass is 599 g/mol. The van der Waals surface area contributed by atoms with Gasteiger partial charge in [0.05, 0.1) is 14.5 Å². The lowest BCUT2D eigenvalue weighted by Crippen LogP contribution is -2.16. The Balaban J connectivity index is 2.64. The lowest BCUT2D eigenvalue weighted by Gasteiger charge is -2.15. The number of carbonyl (C=O) groups excluding carboxylic acids is 1. The van der Waals surface area contributed by atoms with Gasteiger partial charge in [0.1, 0.15) is 20.8 Å². The van der Waals surface area contributed by atoms with Crippen LogP contribution in [0.25, 0.3) is 0 Å². The number of rotatable bonds is 3. The third-order valence-corrected chi connectivity index (χ3v) is 5.84. The minimum Gasteiger partial charge on any atom is -0.744 e. The number of phenols is 1. The first-order valence-corrected chi connectivity index (χ1v) is 9.98. The molecule has 2 aromatic carbocycles. The van der Waals surface area contributed by atoms with E-state index in [1.54, 1.807) is 0 Å². The van der Waals surface area contributed by atoms with Crippen molar-refractivity contribution in [1.82, 2.24) is 0 Å². The Hall–Kier alpha value is -1.22. The van der Waals surface area contributed by atoms with Crippen LogP contribution in [-0.4, -0.2) is 24.0 Å². The second kappa shape index (κ2) is 7.66. The topological polar surface area (TPSA) is 104 Å². The molecule has 0 fully saturated rings. The first kappa shape index (κ1) is 22.1. The second-order valence-electron chi connectivity index (χ2n) is 4.64. The van der Waals surface area contributed by atoms with E-state index >= 15 is 0 Å². The predicted molar refractivity (Wildman–Crippen MR) is 90.4 cm³/mol. The molecule has 0 aliphatic carbocycles. The molecule has 0 saturated carbocycles. The summed E-state index contributed by atoms with van der Waals surface area (Å²) in [6.07, 6.45) is 0. The highest BCUT2D eigenvalue weighted by molar-refractivity contribution is 9.11. The summed E-state index contributed by atoms with van der Waals surface area (Å²) >= 11 is 8.70. The fourth-order valence-electron chi connectivity index (χ4n) is 1.81. The van der Waals surface area contributed by atoms with Crippen molar-refractivity contribution in [3.63, 3.8) is 0 Å². The zero-order valence-electron chi connectivity index (χ0n) is 12.1. The largest absolute Gasteiger partial charge is 0.744 e. The highest BCUT2D eigenvalue weighted by Crippen LogP contribution is 2.40. The molecular weight excluding hydrogens is 600 g/mol. The van der Waals surface area contributed by atoms with Crippen LogP contribution in [0.2, 0.25) is 0 Å². The molecule has 0 amide bonds. The fraction of sp³-hybridized carbons (Fsp3) is 0. The first-order chi connectivity index (χ1) is 12.3. The van der Waals surface area contributed by atoms with Gasteiger partial charge in [-0.2, -0.15) is 8.78 Å². The van der Waals surface area contributed by atoms with Gasteiger partial charge in [0.2, 0.25) is 17.4 Å². The number of esters is 1. The normalized spacial score (nSPS) is 11.6. The van der Waals surface area contributed by atoms with E-state index in [1.165, 1.54) is 0 Å². The lowest BCUT2D eigenvalue weighted by atomic mass is 10.2. The summed E-state index contributed by atoms with van der Waals surface area (Å²) < 4.78 is 91.6. The number of ether oxygens (including phenoxy) is 1. The molecule has 2 aromatic rings. The van der Waals surface area contributed by atoms with Crippen molar-refractivity contribution in [3.8, 4) is 11.5 Å². The van der Waals surface area contributed by atoms with Crippen LogP contribution < -0.4 is 4.74 Å². The quantitative estimate of drug-likeness (QED) is 0.184. The second-order valence-corrected chi connectivity index (χ2v) is 8.45. The van der Waals surface area contributed by atoms with Crippen molar-refractivity contribution >= 4 is 63.9 Å². The molecular formula is C13H2Br3F4O6S-. The lowest BCUT2D eigenvalue weighted by molar-refractivity contribution is 0.0714. The van der Waals surface area contributed by atoms with Crippen LogP contribution in [0.3, 0.4) is 0 Å². The van der Waals surface area contributed by atoms with Crippen LogP contribution in [0.1, 0.15) is 10.4 Å². The van der Waals surface area contributed by atoms with E-state index in [1.807, 2.05) is 0 Å². The average molecular weight is 602 g/mol. The van der Waals surface area contributed by atoms with Gasteiger partial charge in [-0.05, 0) is 53.9 Å². The molecule has 146 valence electrons. The maximum Gasteiger partial charge on any atom is 0.346 e. The molecule has 0 bridgehead atoms. The van der Waals surface area contributed by atoms with Crippen LogP contribution in [-0.2, 0) is 10.1 Å². The predicted octanol–water partition coefficient (Wildman–Crippen LogP) is 4.36. The van der Waals surface area contributed by atoms with Gasteiger partial charge in [0.25, 0.3) is 0 Å². The third-order valence-electron chi connectivity index (χ3n) is 2.98. The van der Waals surface area contributed by atoms with Crippen molar-refractivity contribution in [2.24, 2.45) is 0 Å². The maximum atomic E-state index is 13.9. The molecule has 0 aromatic heterocycles. The number of carbonyl (C=O) groups is 1. The van der Waals surface area contributed by atoms with Crippen LogP contribution in [0, 0.1) is 23.3 Å². The Morgan fingerprint density at radius 2 is 1.48 bits per heavy atom. The van der Waals surface area contributed by atoms with Crippen molar-refractivity contribution in [2.75, 3.05) is 0 Å². The van der Waals surface area contributed by atoms with Gasteiger partial charge in [-0.3, -0.25) is 0 Å². The van der Waals surface area contributed by atoms with E-state index in [4.69, 9.17) is 0 Å². The summed E-state index contributed by atoms with van der Waals surface area (Å²) in [5.41, 5.74) is -0.518. The summed E-state index contributed by atoms with van der Waals surface area (Å²) in [5, 5.41) is 9.76. The Labute approximate surface area is 173 Å². The molecule has 14 heteroatoms. The molecule has 0 aliphatic heterocycles. The van der Waals surface area contributed by atoms with Gasteiger partial charge >= 0.3 is 5.97 Å². The maximum absolute atomic E-state index is 13.9. The highest BCUT2D eigenvalue weighted by Gasteiger charge is 2.32. The standard InChI is InChI=1S/C13H3Br3F4O6S/c14-2-1-3(15)10(21)5(16)4(2)13(22)26-11-6(17)8(19)12(27(23,24)25)9(20)7(11)18/h1,21H,(H,23,24,25)/p-1. The third kappa shape index (κ3) is 3.99. The van der Waals surface area contributed by atoms with Crippen molar-refractivity contribution in [2.45, 2.75) is 4.90 Å². The molecule has 0 radical (unpaired) electrons. The van der Waals surface area contributed by atoms with E-state index in [0.29, 0.717) is 0 Å². The van der Waals surface area contributed by atoms with Crippen LogP contribution in [0.5, 0.6) is 11.5 Å². The zero-order valence-corrected chi connectivity index (χ0v) is 17.7. The van der Waals surface area contributed by atoms with E-state index in [2.05, 4.69) is 52.5 Å². The number of hydrogen-bond donors (Lipinski definition) is 1. The zero-order chi connectivity index (χ0) is 20.8. The van der Waals surface area contributed by atoms with Gasteiger partial charge in [-0.25, -0.2) is 22.0 Å². The molecule has 6 nitrogen and oxygen atoms in total.